The highest BCUT2D eigenvalue weighted by molar-refractivity contribution is 7.92. The van der Waals surface area contributed by atoms with Gasteiger partial charge in [0, 0.05) is 11.7 Å². The quantitative estimate of drug-likeness (QED) is 0.731. The molecule has 1 aliphatic carbocycles. The van der Waals surface area contributed by atoms with Crippen molar-refractivity contribution in [3.8, 4) is 0 Å². The van der Waals surface area contributed by atoms with Gasteiger partial charge < -0.3 is 5.32 Å². The standard InChI is InChI=1S/C12H19N3O2S/c1-10-3-4-12(9-14-10)15-18(16,17)8-2-7-13-11-5-6-11/h3-4,9,11,13,15H,2,5-8H2,1H3. The zero-order valence-corrected chi connectivity index (χ0v) is 11.3. The molecule has 1 heterocycles. The molecule has 1 aromatic heterocycles. The summed E-state index contributed by atoms with van der Waals surface area (Å²) in [7, 11) is -3.26. The first-order chi connectivity index (χ1) is 8.55. The van der Waals surface area contributed by atoms with E-state index < -0.39 is 10.0 Å². The maximum absolute atomic E-state index is 11.8. The van der Waals surface area contributed by atoms with Crippen LogP contribution in [0, 0.1) is 6.92 Å². The summed E-state index contributed by atoms with van der Waals surface area (Å²) in [5, 5.41) is 3.30. The Morgan fingerprint density at radius 1 is 1.39 bits per heavy atom. The molecule has 1 aliphatic rings. The Hall–Kier alpha value is -1.14. The normalized spacial score (nSPS) is 15.6. The third kappa shape index (κ3) is 4.62. The number of sulfonamides is 1. The van der Waals surface area contributed by atoms with Gasteiger partial charge in [-0.05, 0) is 44.9 Å². The predicted octanol–water partition coefficient (Wildman–Crippen LogP) is 1.27. The van der Waals surface area contributed by atoms with Crippen LogP contribution < -0.4 is 10.0 Å². The first kappa shape index (κ1) is 13.3. The van der Waals surface area contributed by atoms with Crippen molar-refractivity contribution in [1.29, 1.82) is 0 Å². The molecular formula is C12H19N3O2S. The van der Waals surface area contributed by atoms with Crippen molar-refractivity contribution in [2.24, 2.45) is 0 Å². The molecule has 2 N–H and O–H groups in total. The number of anilines is 1. The molecule has 0 amide bonds. The molecule has 0 aliphatic heterocycles. The highest BCUT2D eigenvalue weighted by Crippen LogP contribution is 2.18. The molecule has 0 unspecified atom stereocenters. The van der Waals surface area contributed by atoms with Gasteiger partial charge in [-0.25, -0.2) is 8.42 Å². The lowest BCUT2D eigenvalue weighted by Gasteiger charge is -2.08. The Morgan fingerprint density at radius 2 is 2.17 bits per heavy atom. The number of hydrogen-bond donors (Lipinski definition) is 2. The van der Waals surface area contributed by atoms with Crippen molar-refractivity contribution in [3.63, 3.8) is 0 Å². The molecule has 1 fully saturated rings. The second kappa shape index (κ2) is 5.67. The summed E-state index contributed by atoms with van der Waals surface area (Å²) in [5.41, 5.74) is 1.39. The van der Waals surface area contributed by atoms with Crippen molar-refractivity contribution >= 4 is 15.7 Å². The second-order valence-corrected chi connectivity index (χ2v) is 6.53. The lowest BCUT2D eigenvalue weighted by atomic mass is 10.4. The molecule has 18 heavy (non-hydrogen) atoms. The molecule has 0 bridgehead atoms. The molecule has 5 nitrogen and oxygen atoms in total. The summed E-state index contributed by atoms with van der Waals surface area (Å²) in [4.78, 5) is 4.05. The van der Waals surface area contributed by atoms with Crippen molar-refractivity contribution < 1.29 is 8.42 Å². The number of hydrogen-bond acceptors (Lipinski definition) is 4. The average molecular weight is 269 g/mol. The highest BCUT2D eigenvalue weighted by atomic mass is 32.2. The average Bonchev–Trinajstić information content (AvgIpc) is 3.11. The molecule has 2 rings (SSSR count). The van der Waals surface area contributed by atoms with E-state index in [2.05, 4.69) is 15.0 Å². The van der Waals surface area contributed by atoms with Crippen LogP contribution in [0.2, 0.25) is 0 Å². The Balaban J connectivity index is 1.76. The summed E-state index contributed by atoms with van der Waals surface area (Å²) in [6.45, 7) is 2.62. The lowest BCUT2D eigenvalue weighted by molar-refractivity contribution is 0.593. The van der Waals surface area contributed by atoms with Crippen LogP contribution in [-0.4, -0.2) is 31.7 Å². The van der Waals surface area contributed by atoms with Gasteiger partial charge in [0.1, 0.15) is 0 Å². The fraction of sp³-hybridized carbons (Fsp3) is 0.583. The Labute approximate surface area is 108 Å². The fourth-order valence-corrected chi connectivity index (χ4v) is 2.72. The summed E-state index contributed by atoms with van der Waals surface area (Å²) in [6.07, 6.45) is 4.61. The zero-order chi connectivity index (χ0) is 13.0. The van der Waals surface area contributed by atoms with E-state index >= 15 is 0 Å². The Morgan fingerprint density at radius 3 is 2.78 bits per heavy atom. The van der Waals surface area contributed by atoms with Crippen molar-refractivity contribution in [3.05, 3.63) is 24.0 Å². The van der Waals surface area contributed by atoms with Gasteiger partial charge in [-0.1, -0.05) is 0 Å². The molecule has 0 atom stereocenters. The van der Waals surface area contributed by atoms with Crippen LogP contribution in [0.4, 0.5) is 5.69 Å². The Kier molecular flexibility index (Phi) is 4.19. The molecule has 0 aromatic carbocycles. The third-order valence-corrected chi connectivity index (χ3v) is 4.16. The molecule has 0 radical (unpaired) electrons. The van der Waals surface area contributed by atoms with Crippen LogP contribution in [-0.2, 0) is 10.0 Å². The molecule has 1 saturated carbocycles. The maximum Gasteiger partial charge on any atom is 0.232 e. The summed E-state index contributed by atoms with van der Waals surface area (Å²) in [5.74, 6) is 0.139. The monoisotopic (exact) mass is 269 g/mol. The zero-order valence-electron chi connectivity index (χ0n) is 10.5. The van der Waals surface area contributed by atoms with E-state index in [4.69, 9.17) is 0 Å². The van der Waals surface area contributed by atoms with Crippen LogP contribution in [0.25, 0.3) is 0 Å². The van der Waals surface area contributed by atoms with Crippen molar-refractivity contribution in [2.75, 3.05) is 17.0 Å². The van der Waals surface area contributed by atoms with E-state index in [1.165, 1.54) is 19.0 Å². The van der Waals surface area contributed by atoms with Crippen LogP contribution in [0.5, 0.6) is 0 Å². The van der Waals surface area contributed by atoms with E-state index in [1.54, 1.807) is 12.1 Å². The van der Waals surface area contributed by atoms with Gasteiger partial charge in [-0.3, -0.25) is 9.71 Å². The van der Waals surface area contributed by atoms with Gasteiger partial charge in [0.05, 0.1) is 17.6 Å². The number of rotatable bonds is 7. The van der Waals surface area contributed by atoms with E-state index in [0.29, 0.717) is 18.2 Å². The predicted molar refractivity (Wildman–Crippen MR) is 72.0 cm³/mol. The van der Waals surface area contributed by atoms with Gasteiger partial charge >= 0.3 is 0 Å². The lowest BCUT2D eigenvalue weighted by Crippen LogP contribution is -2.23. The number of pyridine rings is 1. The van der Waals surface area contributed by atoms with Gasteiger partial charge in [0.25, 0.3) is 0 Å². The largest absolute Gasteiger partial charge is 0.314 e. The van der Waals surface area contributed by atoms with Crippen LogP contribution >= 0.6 is 0 Å². The molecule has 100 valence electrons. The molecule has 1 aromatic rings. The summed E-state index contributed by atoms with van der Waals surface area (Å²) >= 11 is 0. The van der Waals surface area contributed by atoms with Gasteiger partial charge in [0.15, 0.2) is 0 Å². The number of nitrogens with zero attached hydrogens (tertiary/aromatic N) is 1. The molecular weight excluding hydrogens is 250 g/mol. The van der Waals surface area contributed by atoms with E-state index in [9.17, 15) is 8.42 Å². The smallest absolute Gasteiger partial charge is 0.232 e. The van der Waals surface area contributed by atoms with Crippen LogP contribution in [0.3, 0.4) is 0 Å². The first-order valence-electron chi connectivity index (χ1n) is 6.22. The fourth-order valence-electron chi connectivity index (χ4n) is 1.61. The molecule has 0 saturated heterocycles. The Bertz CT molecular complexity index is 481. The summed E-state index contributed by atoms with van der Waals surface area (Å²) in [6, 6.07) is 4.14. The minimum atomic E-state index is -3.26. The van der Waals surface area contributed by atoms with Gasteiger partial charge in [0.2, 0.25) is 10.0 Å². The van der Waals surface area contributed by atoms with E-state index in [-0.39, 0.29) is 5.75 Å². The number of aromatic nitrogens is 1. The third-order valence-electron chi connectivity index (χ3n) is 2.78. The number of aryl methyl sites for hydroxylation is 1. The first-order valence-corrected chi connectivity index (χ1v) is 7.87. The SMILES string of the molecule is Cc1ccc(NS(=O)(=O)CCCNC2CC2)cn1. The molecule has 6 heteroatoms. The minimum absolute atomic E-state index is 0.139. The van der Waals surface area contributed by atoms with Crippen LogP contribution in [0.15, 0.2) is 18.3 Å². The van der Waals surface area contributed by atoms with Gasteiger partial charge in [-0.15, -0.1) is 0 Å². The van der Waals surface area contributed by atoms with Gasteiger partial charge in [-0.2, -0.15) is 0 Å². The van der Waals surface area contributed by atoms with Crippen molar-refractivity contribution in [2.45, 2.75) is 32.2 Å². The number of nitrogens with one attached hydrogen (secondary N) is 2. The second-order valence-electron chi connectivity index (χ2n) is 4.69. The highest BCUT2D eigenvalue weighted by Gasteiger charge is 2.20. The minimum Gasteiger partial charge on any atom is -0.314 e. The molecule has 0 spiro atoms. The van der Waals surface area contributed by atoms with E-state index in [1.807, 2.05) is 6.92 Å². The van der Waals surface area contributed by atoms with Crippen molar-refractivity contribution in [1.82, 2.24) is 10.3 Å². The maximum atomic E-state index is 11.8. The topological polar surface area (TPSA) is 71.1 Å². The van der Waals surface area contributed by atoms with Crippen LogP contribution in [0.1, 0.15) is 25.0 Å². The summed E-state index contributed by atoms with van der Waals surface area (Å²) < 4.78 is 26.1. The van der Waals surface area contributed by atoms with E-state index in [0.717, 1.165) is 12.2 Å².